The molecular weight excluding hydrogens is 258 g/mol. The van der Waals surface area contributed by atoms with Gasteiger partial charge < -0.3 is 10.1 Å². The SMILES string of the molecule is CCC(C)(CCOC(C)(CC)C(C)(C)CC(C)(C)C)NC. The molecule has 0 bridgehead atoms. The molecule has 2 atom stereocenters. The summed E-state index contributed by atoms with van der Waals surface area (Å²) in [7, 11) is 2.05. The van der Waals surface area contributed by atoms with Crippen LogP contribution in [0.4, 0.5) is 0 Å². The lowest BCUT2D eigenvalue weighted by Crippen LogP contribution is -2.47. The van der Waals surface area contributed by atoms with E-state index in [2.05, 4.69) is 67.6 Å². The smallest absolute Gasteiger partial charge is 0.0702 e. The molecule has 0 aromatic rings. The van der Waals surface area contributed by atoms with Crippen molar-refractivity contribution in [2.75, 3.05) is 13.7 Å². The summed E-state index contributed by atoms with van der Waals surface area (Å²) in [6.07, 6.45) is 4.40. The Morgan fingerprint density at radius 2 is 1.38 bits per heavy atom. The van der Waals surface area contributed by atoms with Gasteiger partial charge in [-0.1, -0.05) is 48.5 Å². The van der Waals surface area contributed by atoms with Gasteiger partial charge in [0.2, 0.25) is 0 Å². The first-order chi connectivity index (χ1) is 9.35. The zero-order valence-electron chi connectivity index (χ0n) is 16.4. The predicted octanol–water partition coefficient (Wildman–Crippen LogP) is 5.41. The summed E-state index contributed by atoms with van der Waals surface area (Å²) < 4.78 is 6.45. The Morgan fingerprint density at radius 3 is 1.71 bits per heavy atom. The Labute approximate surface area is 134 Å². The minimum Gasteiger partial charge on any atom is -0.375 e. The Kier molecular flexibility index (Phi) is 7.43. The lowest BCUT2D eigenvalue weighted by Gasteiger charge is -2.47. The van der Waals surface area contributed by atoms with Gasteiger partial charge in [-0.2, -0.15) is 0 Å². The molecule has 0 fully saturated rings. The van der Waals surface area contributed by atoms with Gasteiger partial charge in [0.15, 0.2) is 0 Å². The van der Waals surface area contributed by atoms with E-state index in [9.17, 15) is 0 Å². The van der Waals surface area contributed by atoms with E-state index in [0.29, 0.717) is 5.41 Å². The lowest BCUT2D eigenvalue weighted by molar-refractivity contribution is -0.129. The molecule has 0 rings (SSSR count). The van der Waals surface area contributed by atoms with Gasteiger partial charge in [0.1, 0.15) is 0 Å². The Morgan fingerprint density at radius 1 is 0.857 bits per heavy atom. The van der Waals surface area contributed by atoms with Crippen molar-refractivity contribution in [3.8, 4) is 0 Å². The maximum atomic E-state index is 6.45. The average molecular weight is 300 g/mol. The largest absolute Gasteiger partial charge is 0.375 e. The summed E-state index contributed by atoms with van der Waals surface area (Å²) >= 11 is 0. The molecule has 0 saturated carbocycles. The van der Waals surface area contributed by atoms with Crippen LogP contribution in [0.1, 0.15) is 88.0 Å². The molecule has 0 saturated heterocycles. The molecule has 0 amide bonds. The van der Waals surface area contributed by atoms with Crippen LogP contribution in [-0.4, -0.2) is 24.8 Å². The summed E-state index contributed by atoms with van der Waals surface area (Å²) in [6.45, 7) is 21.6. The highest BCUT2D eigenvalue weighted by Crippen LogP contribution is 2.45. The fourth-order valence-electron chi connectivity index (χ4n) is 3.27. The minimum atomic E-state index is -0.0668. The quantitative estimate of drug-likeness (QED) is 0.614. The van der Waals surface area contributed by atoms with Crippen molar-refractivity contribution in [3.05, 3.63) is 0 Å². The van der Waals surface area contributed by atoms with Crippen LogP contribution in [0, 0.1) is 10.8 Å². The van der Waals surface area contributed by atoms with Crippen molar-refractivity contribution in [1.29, 1.82) is 0 Å². The van der Waals surface area contributed by atoms with E-state index in [1.54, 1.807) is 0 Å². The molecule has 128 valence electrons. The van der Waals surface area contributed by atoms with Gasteiger partial charge >= 0.3 is 0 Å². The van der Waals surface area contributed by atoms with Crippen molar-refractivity contribution in [1.82, 2.24) is 5.32 Å². The zero-order chi connectivity index (χ0) is 16.9. The molecule has 0 aliphatic heterocycles. The second kappa shape index (κ2) is 7.46. The third kappa shape index (κ3) is 6.28. The molecule has 0 spiro atoms. The van der Waals surface area contributed by atoms with Gasteiger partial charge in [0, 0.05) is 12.1 Å². The summed E-state index contributed by atoms with van der Waals surface area (Å²) in [4.78, 5) is 0. The number of hydrogen-bond donors (Lipinski definition) is 1. The van der Waals surface area contributed by atoms with E-state index in [0.717, 1.165) is 25.9 Å². The molecule has 0 aliphatic rings. The predicted molar refractivity (Wildman–Crippen MR) is 94.9 cm³/mol. The molecule has 0 aromatic heterocycles. The third-order valence-electron chi connectivity index (χ3n) is 5.54. The van der Waals surface area contributed by atoms with Crippen LogP contribution in [0.15, 0.2) is 0 Å². The van der Waals surface area contributed by atoms with Crippen molar-refractivity contribution in [2.24, 2.45) is 10.8 Å². The van der Waals surface area contributed by atoms with E-state index < -0.39 is 0 Å². The van der Waals surface area contributed by atoms with Crippen molar-refractivity contribution in [2.45, 2.75) is 99.1 Å². The van der Waals surface area contributed by atoms with Crippen LogP contribution in [0.2, 0.25) is 0 Å². The van der Waals surface area contributed by atoms with Crippen molar-refractivity contribution < 1.29 is 4.74 Å². The van der Waals surface area contributed by atoms with Gasteiger partial charge in [-0.05, 0) is 57.4 Å². The molecule has 2 nitrogen and oxygen atoms in total. The van der Waals surface area contributed by atoms with Crippen LogP contribution in [-0.2, 0) is 4.74 Å². The molecule has 0 radical (unpaired) electrons. The monoisotopic (exact) mass is 299 g/mol. The summed E-state index contributed by atoms with van der Waals surface area (Å²) in [5.41, 5.74) is 0.611. The highest BCUT2D eigenvalue weighted by molar-refractivity contribution is 4.93. The second-order valence-electron chi connectivity index (χ2n) is 8.97. The Balaban J connectivity index is 4.81. The number of nitrogens with one attached hydrogen (secondary N) is 1. The topological polar surface area (TPSA) is 21.3 Å². The van der Waals surface area contributed by atoms with Gasteiger partial charge in [0.05, 0.1) is 5.60 Å². The molecule has 1 N–H and O–H groups in total. The normalized spacial score (nSPS) is 19.1. The fraction of sp³-hybridized carbons (Fsp3) is 1.00. The van der Waals surface area contributed by atoms with E-state index in [1.165, 1.54) is 6.42 Å². The first kappa shape index (κ1) is 20.9. The minimum absolute atomic E-state index is 0.0668. The third-order valence-corrected chi connectivity index (χ3v) is 5.54. The van der Waals surface area contributed by atoms with Crippen LogP contribution >= 0.6 is 0 Å². The van der Waals surface area contributed by atoms with E-state index in [4.69, 9.17) is 4.74 Å². The molecular formula is C19H41NO. The second-order valence-corrected chi connectivity index (χ2v) is 8.97. The first-order valence-corrected chi connectivity index (χ1v) is 8.67. The molecule has 2 heteroatoms. The molecule has 21 heavy (non-hydrogen) atoms. The van der Waals surface area contributed by atoms with Gasteiger partial charge in [0.25, 0.3) is 0 Å². The number of ether oxygens (including phenoxy) is 1. The van der Waals surface area contributed by atoms with Crippen LogP contribution < -0.4 is 5.32 Å². The van der Waals surface area contributed by atoms with Crippen molar-refractivity contribution >= 4 is 0 Å². The van der Waals surface area contributed by atoms with Gasteiger partial charge in [-0.15, -0.1) is 0 Å². The van der Waals surface area contributed by atoms with Crippen LogP contribution in [0.25, 0.3) is 0 Å². The molecule has 0 aliphatic carbocycles. The zero-order valence-corrected chi connectivity index (χ0v) is 16.4. The maximum absolute atomic E-state index is 6.45. The Hall–Kier alpha value is -0.0800. The number of hydrogen-bond acceptors (Lipinski definition) is 2. The van der Waals surface area contributed by atoms with E-state index in [1.807, 2.05) is 7.05 Å². The highest BCUT2D eigenvalue weighted by atomic mass is 16.5. The lowest BCUT2D eigenvalue weighted by atomic mass is 9.66. The van der Waals surface area contributed by atoms with Gasteiger partial charge in [-0.25, -0.2) is 0 Å². The fourth-order valence-corrected chi connectivity index (χ4v) is 3.27. The summed E-state index contributed by atoms with van der Waals surface area (Å²) in [5, 5.41) is 3.43. The Bertz CT molecular complexity index is 299. The molecule has 0 heterocycles. The summed E-state index contributed by atoms with van der Waals surface area (Å²) in [5.74, 6) is 0. The van der Waals surface area contributed by atoms with Gasteiger partial charge in [-0.3, -0.25) is 0 Å². The molecule has 0 aromatic carbocycles. The highest BCUT2D eigenvalue weighted by Gasteiger charge is 2.43. The van der Waals surface area contributed by atoms with Crippen LogP contribution in [0.3, 0.4) is 0 Å². The maximum Gasteiger partial charge on any atom is 0.0702 e. The molecule has 2 unspecified atom stereocenters. The van der Waals surface area contributed by atoms with Crippen molar-refractivity contribution in [3.63, 3.8) is 0 Å². The average Bonchev–Trinajstić information content (AvgIpc) is 2.35. The standard InChI is InChI=1S/C19H41NO/c1-11-18(8,20-10)13-14-21-19(9,12-2)17(6,7)15-16(3,4)5/h20H,11-15H2,1-10H3. The number of rotatable bonds is 9. The first-order valence-electron chi connectivity index (χ1n) is 8.67. The van der Waals surface area contributed by atoms with E-state index in [-0.39, 0.29) is 16.6 Å². The van der Waals surface area contributed by atoms with E-state index >= 15 is 0 Å². The van der Waals surface area contributed by atoms with Crippen LogP contribution in [0.5, 0.6) is 0 Å². The summed E-state index contributed by atoms with van der Waals surface area (Å²) in [6, 6.07) is 0.